The highest BCUT2D eigenvalue weighted by Crippen LogP contribution is 2.49. The van der Waals surface area contributed by atoms with E-state index in [0.29, 0.717) is 11.8 Å². The molecule has 2 rings (SSSR count). The van der Waals surface area contributed by atoms with Gasteiger partial charge in [-0.3, -0.25) is 4.79 Å². The molecule has 4 nitrogen and oxygen atoms in total. The first kappa shape index (κ1) is 21.2. The number of aliphatic carboxylic acids is 1. The number of allylic oxidation sites excluding steroid dienone is 3. The first-order valence-corrected chi connectivity index (χ1v) is 10.4. The average Bonchev–Trinajstić information content (AvgIpc) is 3.07. The normalized spacial score (nSPS) is 28.7. The lowest BCUT2D eigenvalue weighted by molar-refractivity contribution is -0.137. The lowest BCUT2D eigenvalue weighted by atomic mass is 9.83. The molecule has 0 bridgehead atoms. The Morgan fingerprint density at radius 3 is 2.73 bits per heavy atom. The summed E-state index contributed by atoms with van der Waals surface area (Å²) in [6, 6.07) is 0. The van der Waals surface area contributed by atoms with Gasteiger partial charge < -0.3 is 15.3 Å². The predicted octanol–water partition coefficient (Wildman–Crippen LogP) is 4.46. The fraction of sp³-hybridized carbons (Fsp3) is 0.773. The third-order valence-electron chi connectivity index (χ3n) is 6.17. The Hall–Kier alpha value is -1.13. The van der Waals surface area contributed by atoms with Crippen LogP contribution in [-0.4, -0.2) is 33.5 Å². The summed E-state index contributed by atoms with van der Waals surface area (Å²) in [5.74, 6) is -0.00935. The van der Waals surface area contributed by atoms with E-state index in [9.17, 15) is 15.0 Å². The van der Waals surface area contributed by atoms with Gasteiger partial charge in [-0.25, -0.2) is 0 Å². The maximum absolute atomic E-state index is 10.7. The molecule has 0 radical (unpaired) electrons. The molecule has 0 aromatic carbocycles. The Kier molecular flexibility index (Phi) is 8.36. The van der Waals surface area contributed by atoms with Crippen molar-refractivity contribution in [2.45, 2.75) is 89.8 Å². The zero-order chi connectivity index (χ0) is 19.1. The number of fused-ring (bicyclic) bond motifs is 1. The van der Waals surface area contributed by atoms with Crippen LogP contribution in [0.1, 0.15) is 77.6 Å². The van der Waals surface area contributed by atoms with Crippen LogP contribution in [0.5, 0.6) is 0 Å². The van der Waals surface area contributed by atoms with Crippen LogP contribution < -0.4 is 0 Å². The smallest absolute Gasteiger partial charge is 0.303 e. The van der Waals surface area contributed by atoms with E-state index in [-0.39, 0.29) is 12.3 Å². The van der Waals surface area contributed by atoms with Gasteiger partial charge >= 0.3 is 5.97 Å². The monoisotopic (exact) mass is 364 g/mol. The third-order valence-corrected chi connectivity index (χ3v) is 6.17. The highest BCUT2D eigenvalue weighted by Gasteiger charge is 2.47. The Balaban J connectivity index is 1.77. The maximum atomic E-state index is 10.7. The molecule has 4 heteroatoms. The molecule has 0 amide bonds. The zero-order valence-corrected chi connectivity index (χ0v) is 16.2. The molecule has 3 N–H and O–H groups in total. The number of rotatable bonds is 12. The Labute approximate surface area is 158 Å². The van der Waals surface area contributed by atoms with Crippen molar-refractivity contribution in [3.05, 3.63) is 23.8 Å². The molecule has 5 atom stereocenters. The Morgan fingerprint density at radius 1 is 1.27 bits per heavy atom. The van der Waals surface area contributed by atoms with Crippen LogP contribution in [0.3, 0.4) is 0 Å². The molecule has 148 valence electrons. The van der Waals surface area contributed by atoms with Crippen molar-refractivity contribution in [2.24, 2.45) is 17.8 Å². The van der Waals surface area contributed by atoms with Crippen LogP contribution in [0.2, 0.25) is 0 Å². The first-order valence-electron chi connectivity index (χ1n) is 10.4. The lowest BCUT2D eigenvalue weighted by Crippen LogP contribution is -2.32. The van der Waals surface area contributed by atoms with Crippen molar-refractivity contribution < 1.29 is 20.1 Å². The lowest BCUT2D eigenvalue weighted by Gasteiger charge is -2.27. The number of carboxylic acids is 1. The maximum Gasteiger partial charge on any atom is 0.303 e. The second-order valence-corrected chi connectivity index (χ2v) is 8.30. The summed E-state index contributed by atoms with van der Waals surface area (Å²) in [5.41, 5.74) is 2.65. The van der Waals surface area contributed by atoms with Crippen LogP contribution in [0, 0.1) is 17.8 Å². The van der Waals surface area contributed by atoms with Crippen LogP contribution in [0.25, 0.3) is 0 Å². The van der Waals surface area contributed by atoms with Gasteiger partial charge in [0.2, 0.25) is 0 Å². The molecule has 0 heterocycles. The van der Waals surface area contributed by atoms with Gasteiger partial charge in [-0.2, -0.15) is 0 Å². The summed E-state index contributed by atoms with van der Waals surface area (Å²) >= 11 is 0. The van der Waals surface area contributed by atoms with Crippen LogP contribution in [0.4, 0.5) is 0 Å². The van der Waals surface area contributed by atoms with Gasteiger partial charge in [-0.1, -0.05) is 37.1 Å². The van der Waals surface area contributed by atoms with E-state index in [1.807, 2.05) is 0 Å². The van der Waals surface area contributed by atoms with E-state index >= 15 is 0 Å². The molecule has 0 saturated heterocycles. The quantitative estimate of drug-likeness (QED) is 0.353. The first-order chi connectivity index (χ1) is 12.4. The summed E-state index contributed by atoms with van der Waals surface area (Å²) < 4.78 is 0. The summed E-state index contributed by atoms with van der Waals surface area (Å²) in [4.78, 5) is 10.6. The summed E-state index contributed by atoms with van der Waals surface area (Å²) in [6.45, 7) is 6.24. The molecule has 1 unspecified atom stereocenters. The molecule has 1 saturated carbocycles. The van der Waals surface area contributed by atoms with Gasteiger partial charge in [0.1, 0.15) is 0 Å². The molecular weight excluding hydrogens is 328 g/mol. The highest BCUT2D eigenvalue weighted by molar-refractivity contribution is 5.66. The minimum absolute atomic E-state index is 0.0211. The van der Waals surface area contributed by atoms with E-state index < -0.39 is 18.2 Å². The van der Waals surface area contributed by atoms with E-state index in [2.05, 4.69) is 19.6 Å². The van der Waals surface area contributed by atoms with Crippen LogP contribution >= 0.6 is 0 Å². The van der Waals surface area contributed by atoms with Crippen molar-refractivity contribution in [3.63, 3.8) is 0 Å². The second kappa shape index (κ2) is 10.3. The molecule has 2 aliphatic carbocycles. The number of aliphatic hydroxyl groups is 2. The van der Waals surface area contributed by atoms with Crippen molar-refractivity contribution in [3.8, 4) is 0 Å². The fourth-order valence-electron chi connectivity index (χ4n) is 4.92. The third kappa shape index (κ3) is 5.95. The van der Waals surface area contributed by atoms with E-state index in [1.165, 1.54) is 11.1 Å². The van der Waals surface area contributed by atoms with Gasteiger partial charge in [0, 0.05) is 12.3 Å². The minimum Gasteiger partial charge on any atom is -0.481 e. The number of carbonyl (C=O) groups is 1. The SMILES string of the molecule is C=C(CCC)CCCC(O)[C@H]1[C@@H]2CC(CCCCC(=O)O)=C[C@@H]2C[C@@H]1O. The number of carboxylic acid groups (broad SMARTS) is 1. The molecule has 2 aliphatic rings. The Bertz CT molecular complexity index is 510. The molecule has 0 aromatic heterocycles. The van der Waals surface area contributed by atoms with Crippen LogP contribution in [0.15, 0.2) is 23.8 Å². The predicted molar refractivity (Wildman–Crippen MR) is 104 cm³/mol. The van der Waals surface area contributed by atoms with Crippen molar-refractivity contribution in [1.82, 2.24) is 0 Å². The molecule has 26 heavy (non-hydrogen) atoms. The largest absolute Gasteiger partial charge is 0.481 e. The molecule has 0 spiro atoms. The number of hydrogen-bond acceptors (Lipinski definition) is 3. The highest BCUT2D eigenvalue weighted by atomic mass is 16.4. The fourth-order valence-corrected chi connectivity index (χ4v) is 4.92. The van der Waals surface area contributed by atoms with Gasteiger partial charge in [0.05, 0.1) is 12.2 Å². The van der Waals surface area contributed by atoms with Crippen LogP contribution in [-0.2, 0) is 4.79 Å². The van der Waals surface area contributed by atoms with Gasteiger partial charge in [-0.15, -0.1) is 0 Å². The minimum atomic E-state index is -0.727. The number of hydrogen-bond donors (Lipinski definition) is 3. The molecule has 0 aromatic rings. The number of unbranched alkanes of at least 4 members (excludes halogenated alkanes) is 1. The van der Waals surface area contributed by atoms with Crippen molar-refractivity contribution >= 4 is 5.97 Å². The average molecular weight is 365 g/mol. The van der Waals surface area contributed by atoms with E-state index in [1.54, 1.807) is 0 Å². The van der Waals surface area contributed by atoms with Crippen molar-refractivity contribution in [2.75, 3.05) is 0 Å². The standard InChI is InChI=1S/C22H36O4/c1-3-7-15(2)8-6-10-19(23)22-18-13-16(9-4-5-11-21(25)26)12-17(18)14-20(22)24/h12,17-20,22-24H,2-11,13-14H2,1H3,(H,25,26)/t17-,18-,19?,20+,22-/m1/s1. The summed E-state index contributed by atoms with van der Waals surface area (Å²) in [7, 11) is 0. The molecular formula is C22H36O4. The topological polar surface area (TPSA) is 77.8 Å². The number of aliphatic hydroxyl groups excluding tert-OH is 2. The van der Waals surface area contributed by atoms with E-state index in [4.69, 9.17) is 5.11 Å². The molecule has 0 aliphatic heterocycles. The van der Waals surface area contributed by atoms with Gasteiger partial charge in [0.15, 0.2) is 0 Å². The zero-order valence-electron chi connectivity index (χ0n) is 16.2. The summed E-state index contributed by atoms with van der Waals surface area (Å²) in [5, 5.41) is 29.9. The second-order valence-electron chi connectivity index (χ2n) is 8.30. The molecule has 1 fully saturated rings. The Morgan fingerprint density at radius 2 is 2.04 bits per heavy atom. The summed E-state index contributed by atoms with van der Waals surface area (Å²) in [6.07, 6.45) is 10.8. The van der Waals surface area contributed by atoms with Gasteiger partial charge in [-0.05, 0) is 69.6 Å². The van der Waals surface area contributed by atoms with Crippen molar-refractivity contribution in [1.29, 1.82) is 0 Å². The van der Waals surface area contributed by atoms with E-state index in [0.717, 1.165) is 64.2 Å². The van der Waals surface area contributed by atoms with Gasteiger partial charge in [0.25, 0.3) is 0 Å².